The lowest BCUT2D eigenvalue weighted by molar-refractivity contribution is 0.406. The van der Waals surface area contributed by atoms with Crippen LogP contribution in [0.15, 0.2) is 35.9 Å². The number of hydrogen-bond acceptors (Lipinski definition) is 2. The highest BCUT2D eigenvalue weighted by Gasteiger charge is 2.29. The fraction of sp³-hybridized carbons (Fsp3) is 0.412. The van der Waals surface area contributed by atoms with Gasteiger partial charge in [0, 0.05) is 15.6 Å². The molecule has 0 radical (unpaired) electrons. The van der Waals surface area contributed by atoms with E-state index in [2.05, 4.69) is 6.58 Å². The van der Waals surface area contributed by atoms with Crippen LogP contribution < -0.4 is 0 Å². The van der Waals surface area contributed by atoms with Crippen LogP contribution in [0.4, 0.5) is 0 Å². The quantitative estimate of drug-likeness (QED) is 0.773. The summed E-state index contributed by atoms with van der Waals surface area (Å²) in [5.41, 5.74) is 2.45. The van der Waals surface area contributed by atoms with Gasteiger partial charge in [-0.05, 0) is 57.2 Å². The first-order chi connectivity index (χ1) is 10.1. The van der Waals surface area contributed by atoms with Crippen LogP contribution in [0.5, 0.6) is 11.5 Å². The largest absolute Gasteiger partial charge is 0.507 e. The van der Waals surface area contributed by atoms with E-state index in [0.29, 0.717) is 24.0 Å². The number of aromatic hydroxyl groups is 2. The first-order valence-corrected chi connectivity index (χ1v) is 6.50. The Hall–Kier alpha value is -1.70. The van der Waals surface area contributed by atoms with Crippen LogP contribution in [-0.4, -0.2) is 10.2 Å². The summed E-state index contributed by atoms with van der Waals surface area (Å²) in [5.74, 6) is -0.374. The Morgan fingerprint density at radius 1 is 1.37 bits per heavy atom. The van der Waals surface area contributed by atoms with Gasteiger partial charge in [-0.3, -0.25) is 0 Å². The number of benzene rings is 1. The predicted octanol–water partition coefficient (Wildman–Crippen LogP) is 4.42. The van der Waals surface area contributed by atoms with Gasteiger partial charge in [0.2, 0.25) is 0 Å². The van der Waals surface area contributed by atoms with Crippen molar-refractivity contribution in [1.29, 1.82) is 0 Å². The van der Waals surface area contributed by atoms with Crippen molar-refractivity contribution in [3.8, 4) is 11.5 Å². The molecule has 2 rings (SSSR count). The van der Waals surface area contributed by atoms with Crippen molar-refractivity contribution < 1.29 is 14.3 Å². The molecule has 2 nitrogen and oxygen atoms in total. The lowest BCUT2D eigenvalue weighted by Gasteiger charge is -2.31. The van der Waals surface area contributed by atoms with E-state index in [-0.39, 0.29) is 23.3 Å². The molecule has 0 fully saturated rings. The van der Waals surface area contributed by atoms with Crippen LogP contribution in [0.3, 0.4) is 0 Å². The van der Waals surface area contributed by atoms with Gasteiger partial charge in [-0.15, -0.1) is 0 Å². The second-order valence-corrected chi connectivity index (χ2v) is 5.43. The highest BCUT2D eigenvalue weighted by molar-refractivity contribution is 5.51. The van der Waals surface area contributed by atoms with E-state index in [4.69, 9.17) is 4.11 Å². The molecular formula is C17H22O2. The van der Waals surface area contributed by atoms with Gasteiger partial charge in [0.1, 0.15) is 11.5 Å². The molecule has 2 heteroatoms. The lowest BCUT2D eigenvalue weighted by atomic mass is 9.74. The SMILES string of the molecule is [2H]C([2H])([2H])C1=CC(c2c(O)cc(C)cc2O)C(C(=C)C)CC1. The van der Waals surface area contributed by atoms with Crippen molar-refractivity contribution in [3.05, 3.63) is 47.1 Å². The molecule has 1 aliphatic rings. The summed E-state index contributed by atoms with van der Waals surface area (Å²) in [6, 6.07) is 3.17. The maximum Gasteiger partial charge on any atom is 0.123 e. The second kappa shape index (κ2) is 5.12. The van der Waals surface area contributed by atoms with Gasteiger partial charge >= 0.3 is 0 Å². The molecule has 1 aromatic carbocycles. The lowest BCUT2D eigenvalue weighted by Crippen LogP contribution is -2.17. The summed E-state index contributed by atoms with van der Waals surface area (Å²) < 4.78 is 22.8. The predicted molar refractivity (Wildman–Crippen MR) is 78.5 cm³/mol. The molecule has 2 unspecified atom stereocenters. The fourth-order valence-corrected chi connectivity index (χ4v) is 2.85. The molecule has 0 bridgehead atoms. The Balaban J connectivity index is 2.58. The van der Waals surface area contributed by atoms with Crippen LogP contribution in [0.2, 0.25) is 0 Å². The smallest absolute Gasteiger partial charge is 0.123 e. The molecule has 0 heterocycles. The number of rotatable bonds is 2. The standard InChI is InChI=1S/C17H22O2/c1-10(2)13-6-5-11(3)7-14(13)17-15(18)8-12(4)9-16(17)19/h7-9,13-14,18-19H,1,5-6H2,2-4H3/i3D3. The van der Waals surface area contributed by atoms with E-state index >= 15 is 0 Å². The van der Waals surface area contributed by atoms with Gasteiger partial charge in [-0.25, -0.2) is 0 Å². The van der Waals surface area contributed by atoms with E-state index in [1.807, 2.05) is 6.92 Å². The van der Waals surface area contributed by atoms with Gasteiger partial charge in [0.25, 0.3) is 0 Å². The molecular weight excluding hydrogens is 236 g/mol. The van der Waals surface area contributed by atoms with Crippen LogP contribution in [-0.2, 0) is 0 Å². The Bertz CT molecular complexity index is 606. The molecule has 0 saturated heterocycles. The normalized spacial score (nSPS) is 26.0. The number of hydrogen-bond donors (Lipinski definition) is 2. The minimum Gasteiger partial charge on any atom is -0.507 e. The van der Waals surface area contributed by atoms with Crippen molar-refractivity contribution in [3.63, 3.8) is 0 Å². The van der Waals surface area contributed by atoms with Gasteiger partial charge in [0.15, 0.2) is 0 Å². The third kappa shape index (κ3) is 2.67. The minimum absolute atomic E-state index is 0.00297. The summed E-state index contributed by atoms with van der Waals surface area (Å²) >= 11 is 0. The molecule has 2 N–H and O–H groups in total. The highest BCUT2D eigenvalue weighted by Crippen LogP contribution is 2.46. The number of phenols is 2. The zero-order valence-corrected chi connectivity index (χ0v) is 11.4. The Kier molecular flexibility index (Phi) is 2.73. The summed E-state index contributed by atoms with van der Waals surface area (Å²) in [6.45, 7) is 5.52. The van der Waals surface area contributed by atoms with E-state index in [9.17, 15) is 10.2 Å². The summed E-state index contributed by atoms with van der Waals surface area (Å²) in [7, 11) is 0. The third-order valence-corrected chi connectivity index (χ3v) is 3.79. The van der Waals surface area contributed by atoms with E-state index in [1.54, 1.807) is 25.1 Å². The molecule has 2 atom stereocenters. The van der Waals surface area contributed by atoms with Crippen molar-refractivity contribution in [2.75, 3.05) is 0 Å². The van der Waals surface area contributed by atoms with Gasteiger partial charge in [0.05, 0.1) is 0 Å². The number of phenolic OH excluding ortho intramolecular Hbond substituents is 2. The van der Waals surface area contributed by atoms with Gasteiger partial charge in [-0.1, -0.05) is 23.8 Å². The maximum atomic E-state index is 10.3. The fourth-order valence-electron chi connectivity index (χ4n) is 2.85. The van der Waals surface area contributed by atoms with Crippen LogP contribution in [0.1, 0.15) is 47.8 Å². The third-order valence-electron chi connectivity index (χ3n) is 3.79. The molecule has 102 valence electrons. The van der Waals surface area contributed by atoms with Crippen LogP contribution in [0.25, 0.3) is 0 Å². The first-order valence-electron chi connectivity index (χ1n) is 8.00. The van der Waals surface area contributed by atoms with Crippen molar-refractivity contribution in [2.45, 2.75) is 39.5 Å². The highest BCUT2D eigenvalue weighted by atomic mass is 16.3. The first kappa shape index (κ1) is 10.1. The average molecular weight is 261 g/mol. The molecule has 0 spiro atoms. The Morgan fingerprint density at radius 2 is 2.00 bits per heavy atom. The van der Waals surface area contributed by atoms with E-state index in [0.717, 1.165) is 11.1 Å². The number of allylic oxidation sites excluding steroid dienone is 3. The molecule has 0 amide bonds. The van der Waals surface area contributed by atoms with Crippen molar-refractivity contribution >= 4 is 0 Å². The van der Waals surface area contributed by atoms with E-state index in [1.165, 1.54) is 0 Å². The maximum absolute atomic E-state index is 10.3. The zero-order valence-electron chi connectivity index (χ0n) is 14.4. The molecule has 19 heavy (non-hydrogen) atoms. The molecule has 0 aromatic heterocycles. The van der Waals surface area contributed by atoms with Gasteiger partial charge in [-0.2, -0.15) is 0 Å². The summed E-state index contributed by atoms with van der Waals surface area (Å²) in [6.07, 6.45) is 2.81. The summed E-state index contributed by atoms with van der Waals surface area (Å²) in [4.78, 5) is 0. The topological polar surface area (TPSA) is 40.5 Å². The monoisotopic (exact) mass is 261 g/mol. The Labute approximate surface area is 119 Å². The summed E-state index contributed by atoms with van der Waals surface area (Å²) in [5, 5.41) is 20.5. The average Bonchev–Trinajstić information content (AvgIpc) is 2.36. The second-order valence-electron chi connectivity index (χ2n) is 5.43. The van der Waals surface area contributed by atoms with Crippen LogP contribution >= 0.6 is 0 Å². The molecule has 1 aliphatic carbocycles. The van der Waals surface area contributed by atoms with Crippen molar-refractivity contribution in [2.24, 2.45) is 5.92 Å². The minimum atomic E-state index is -2.14. The van der Waals surface area contributed by atoms with E-state index < -0.39 is 6.85 Å². The zero-order chi connectivity index (χ0) is 16.7. The molecule has 0 saturated carbocycles. The van der Waals surface area contributed by atoms with Crippen molar-refractivity contribution in [1.82, 2.24) is 0 Å². The molecule has 1 aromatic rings. The molecule has 0 aliphatic heterocycles. The van der Waals surface area contributed by atoms with Gasteiger partial charge < -0.3 is 10.2 Å². The Morgan fingerprint density at radius 3 is 2.53 bits per heavy atom. The van der Waals surface area contributed by atoms with Crippen LogP contribution in [0, 0.1) is 12.8 Å². The number of aryl methyl sites for hydroxylation is 1.